The Balaban J connectivity index is 2.02. The number of carbonyl (C=O) groups is 1. The van der Waals surface area contributed by atoms with Crippen LogP contribution in [-0.4, -0.2) is 24.7 Å². The standard InChI is InChI=1S/C11H13NO3/c1-11(8-15-10(7-13)12-11)5-4-9-3-2-6-14-9/h2-7,10,12H,8H2,1H3. The van der Waals surface area contributed by atoms with Gasteiger partial charge in [0.15, 0.2) is 12.5 Å². The van der Waals surface area contributed by atoms with E-state index in [-0.39, 0.29) is 5.54 Å². The summed E-state index contributed by atoms with van der Waals surface area (Å²) in [5, 5.41) is 3.06. The van der Waals surface area contributed by atoms with Crippen LogP contribution in [0.5, 0.6) is 0 Å². The Bertz CT molecular complexity index is 358. The molecule has 0 radical (unpaired) electrons. The molecule has 15 heavy (non-hydrogen) atoms. The molecule has 4 heteroatoms. The molecule has 1 aliphatic rings. The maximum Gasteiger partial charge on any atom is 0.165 e. The molecule has 1 aromatic heterocycles. The maximum atomic E-state index is 10.5. The number of hydrogen-bond acceptors (Lipinski definition) is 4. The van der Waals surface area contributed by atoms with E-state index in [0.717, 1.165) is 12.0 Å². The summed E-state index contributed by atoms with van der Waals surface area (Å²) >= 11 is 0. The minimum absolute atomic E-state index is 0.307. The van der Waals surface area contributed by atoms with E-state index in [0.29, 0.717) is 6.61 Å². The monoisotopic (exact) mass is 207 g/mol. The van der Waals surface area contributed by atoms with Gasteiger partial charge in [0.2, 0.25) is 0 Å². The number of rotatable bonds is 3. The zero-order chi connectivity index (χ0) is 10.7. The highest BCUT2D eigenvalue weighted by molar-refractivity contribution is 5.57. The topological polar surface area (TPSA) is 51.5 Å². The van der Waals surface area contributed by atoms with Crippen molar-refractivity contribution in [1.29, 1.82) is 0 Å². The van der Waals surface area contributed by atoms with E-state index in [1.54, 1.807) is 6.26 Å². The van der Waals surface area contributed by atoms with Crippen molar-refractivity contribution >= 4 is 12.4 Å². The van der Waals surface area contributed by atoms with Crippen LogP contribution in [0.2, 0.25) is 0 Å². The summed E-state index contributed by atoms with van der Waals surface area (Å²) in [6.07, 6.45) is 5.68. The minimum Gasteiger partial charge on any atom is -0.465 e. The average molecular weight is 207 g/mol. The number of hydrogen-bond donors (Lipinski definition) is 1. The number of furan rings is 1. The fourth-order valence-corrected chi connectivity index (χ4v) is 1.49. The Morgan fingerprint density at radius 3 is 3.13 bits per heavy atom. The third kappa shape index (κ3) is 2.34. The van der Waals surface area contributed by atoms with Crippen LogP contribution in [0.4, 0.5) is 0 Å². The van der Waals surface area contributed by atoms with Gasteiger partial charge >= 0.3 is 0 Å². The Kier molecular flexibility index (Phi) is 2.70. The van der Waals surface area contributed by atoms with E-state index in [1.165, 1.54) is 0 Å². The molecule has 0 amide bonds. The minimum atomic E-state index is -0.503. The third-order valence-corrected chi connectivity index (χ3v) is 2.32. The lowest BCUT2D eigenvalue weighted by molar-refractivity contribution is -0.116. The lowest BCUT2D eigenvalue weighted by atomic mass is 10.0. The Hall–Kier alpha value is -1.39. The first-order valence-electron chi connectivity index (χ1n) is 4.79. The van der Waals surface area contributed by atoms with Gasteiger partial charge in [-0.3, -0.25) is 10.1 Å². The lowest BCUT2D eigenvalue weighted by Gasteiger charge is -2.17. The number of nitrogens with one attached hydrogen (secondary N) is 1. The van der Waals surface area contributed by atoms with Crippen LogP contribution >= 0.6 is 0 Å². The second-order valence-electron chi connectivity index (χ2n) is 3.78. The van der Waals surface area contributed by atoms with E-state index in [4.69, 9.17) is 9.15 Å². The lowest BCUT2D eigenvalue weighted by Crippen LogP contribution is -2.40. The van der Waals surface area contributed by atoms with E-state index >= 15 is 0 Å². The van der Waals surface area contributed by atoms with Crippen LogP contribution in [0, 0.1) is 0 Å². The van der Waals surface area contributed by atoms with Crippen molar-refractivity contribution in [3.8, 4) is 0 Å². The largest absolute Gasteiger partial charge is 0.465 e. The van der Waals surface area contributed by atoms with Gasteiger partial charge < -0.3 is 9.15 Å². The first-order valence-corrected chi connectivity index (χ1v) is 4.79. The summed E-state index contributed by atoms with van der Waals surface area (Å²) in [6.45, 7) is 2.45. The Labute approximate surface area is 87.9 Å². The van der Waals surface area contributed by atoms with Gasteiger partial charge in [0.25, 0.3) is 0 Å². The second kappa shape index (κ2) is 4.00. The Morgan fingerprint density at radius 2 is 2.53 bits per heavy atom. The molecule has 80 valence electrons. The highest BCUT2D eigenvalue weighted by Gasteiger charge is 2.32. The Morgan fingerprint density at radius 1 is 1.67 bits per heavy atom. The zero-order valence-corrected chi connectivity index (χ0v) is 8.47. The molecular weight excluding hydrogens is 194 g/mol. The van der Waals surface area contributed by atoms with Gasteiger partial charge in [0, 0.05) is 0 Å². The average Bonchev–Trinajstić information content (AvgIpc) is 2.84. The summed E-state index contributed by atoms with van der Waals surface area (Å²) in [7, 11) is 0. The molecule has 0 aliphatic carbocycles. The summed E-state index contributed by atoms with van der Waals surface area (Å²) in [5.74, 6) is 0.785. The van der Waals surface area contributed by atoms with E-state index in [9.17, 15) is 4.79 Å². The zero-order valence-electron chi connectivity index (χ0n) is 8.47. The van der Waals surface area contributed by atoms with Crippen molar-refractivity contribution in [1.82, 2.24) is 5.32 Å². The van der Waals surface area contributed by atoms with Gasteiger partial charge in [-0.15, -0.1) is 0 Å². The van der Waals surface area contributed by atoms with Crippen molar-refractivity contribution in [3.63, 3.8) is 0 Å². The molecule has 2 heterocycles. The highest BCUT2D eigenvalue weighted by Crippen LogP contribution is 2.17. The van der Waals surface area contributed by atoms with E-state index in [1.807, 2.05) is 31.2 Å². The van der Waals surface area contributed by atoms with Crippen LogP contribution in [0.1, 0.15) is 12.7 Å². The molecule has 2 atom stereocenters. The van der Waals surface area contributed by atoms with Gasteiger partial charge in [-0.05, 0) is 25.1 Å². The van der Waals surface area contributed by atoms with Crippen molar-refractivity contribution in [2.75, 3.05) is 6.61 Å². The molecule has 1 aliphatic heterocycles. The van der Waals surface area contributed by atoms with Crippen LogP contribution in [0.3, 0.4) is 0 Å². The first-order chi connectivity index (χ1) is 7.22. The van der Waals surface area contributed by atoms with Crippen LogP contribution < -0.4 is 5.32 Å². The smallest absolute Gasteiger partial charge is 0.165 e. The molecule has 2 unspecified atom stereocenters. The van der Waals surface area contributed by atoms with Gasteiger partial charge in [-0.25, -0.2) is 0 Å². The molecular formula is C11H13NO3. The molecule has 2 rings (SSSR count). The molecule has 0 aromatic carbocycles. The van der Waals surface area contributed by atoms with Crippen molar-refractivity contribution in [3.05, 3.63) is 30.2 Å². The fraction of sp³-hybridized carbons (Fsp3) is 0.364. The van der Waals surface area contributed by atoms with E-state index in [2.05, 4.69) is 5.32 Å². The maximum absolute atomic E-state index is 10.5. The number of aldehydes is 1. The normalized spacial score (nSPS) is 31.1. The SMILES string of the molecule is CC1(C=Cc2ccco2)COC(C=O)N1. The van der Waals surface area contributed by atoms with Gasteiger partial charge in [0.05, 0.1) is 18.4 Å². The molecule has 0 spiro atoms. The molecule has 1 aromatic rings. The number of ether oxygens (including phenoxy) is 1. The third-order valence-electron chi connectivity index (χ3n) is 2.32. The van der Waals surface area contributed by atoms with Crippen molar-refractivity contribution in [2.24, 2.45) is 0 Å². The van der Waals surface area contributed by atoms with Crippen LogP contribution in [0.15, 0.2) is 28.9 Å². The molecule has 0 saturated carbocycles. The molecule has 1 saturated heterocycles. The van der Waals surface area contributed by atoms with Gasteiger partial charge in [-0.2, -0.15) is 0 Å². The van der Waals surface area contributed by atoms with Gasteiger partial charge in [0.1, 0.15) is 5.76 Å². The second-order valence-corrected chi connectivity index (χ2v) is 3.78. The fourth-order valence-electron chi connectivity index (χ4n) is 1.49. The first kappa shape index (κ1) is 10.1. The van der Waals surface area contributed by atoms with Crippen molar-refractivity contribution < 1.29 is 13.9 Å². The predicted molar refractivity (Wildman–Crippen MR) is 55.1 cm³/mol. The summed E-state index contributed by atoms with van der Waals surface area (Å²) in [4.78, 5) is 10.5. The summed E-state index contributed by atoms with van der Waals surface area (Å²) in [6, 6.07) is 3.70. The van der Waals surface area contributed by atoms with Crippen LogP contribution in [0.25, 0.3) is 6.08 Å². The quantitative estimate of drug-likeness (QED) is 0.756. The van der Waals surface area contributed by atoms with Crippen molar-refractivity contribution in [2.45, 2.75) is 18.7 Å². The molecule has 0 bridgehead atoms. The van der Waals surface area contributed by atoms with Gasteiger partial charge in [-0.1, -0.05) is 6.08 Å². The molecule has 1 N–H and O–H groups in total. The van der Waals surface area contributed by atoms with Crippen LogP contribution in [-0.2, 0) is 9.53 Å². The highest BCUT2D eigenvalue weighted by atomic mass is 16.5. The van der Waals surface area contributed by atoms with E-state index < -0.39 is 6.23 Å². The predicted octanol–water partition coefficient (Wildman–Crippen LogP) is 1.20. The molecule has 1 fully saturated rings. The number of carbonyl (C=O) groups excluding carboxylic acids is 1. The molecule has 4 nitrogen and oxygen atoms in total. The summed E-state index contributed by atoms with van der Waals surface area (Å²) in [5.41, 5.74) is -0.307. The summed E-state index contributed by atoms with van der Waals surface area (Å²) < 4.78 is 10.4.